The zero-order valence-corrected chi connectivity index (χ0v) is 15.7. The highest BCUT2D eigenvalue weighted by atomic mass is 28.4. The van der Waals surface area contributed by atoms with Crippen LogP contribution in [0, 0.1) is 0 Å². The lowest BCUT2D eigenvalue weighted by molar-refractivity contribution is 0.0719. The van der Waals surface area contributed by atoms with Crippen LogP contribution in [0.3, 0.4) is 0 Å². The average Bonchev–Trinajstić information content (AvgIpc) is 3.18. The Morgan fingerprint density at radius 1 is 0.762 bits per heavy atom. The molecule has 0 heterocycles. The molecule has 0 bridgehead atoms. The van der Waals surface area contributed by atoms with E-state index in [2.05, 4.69) is 27.7 Å². The van der Waals surface area contributed by atoms with Gasteiger partial charge in [-0.15, -0.1) is 0 Å². The molecule has 2 aliphatic carbocycles. The first-order valence-corrected chi connectivity index (χ1v) is 11.4. The zero-order chi connectivity index (χ0) is 15.3. The van der Waals surface area contributed by atoms with Crippen molar-refractivity contribution < 1.29 is 8.85 Å². The van der Waals surface area contributed by atoms with Gasteiger partial charge in [-0.25, -0.2) is 0 Å². The molecule has 0 N–H and O–H groups in total. The van der Waals surface area contributed by atoms with E-state index in [-0.39, 0.29) is 0 Å². The third kappa shape index (κ3) is 4.11. The van der Waals surface area contributed by atoms with E-state index in [1.54, 1.807) is 0 Å². The highest BCUT2D eigenvalue weighted by Gasteiger charge is 2.54. The van der Waals surface area contributed by atoms with Crippen LogP contribution >= 0.6 is 0 Å². The molecule has 0 aromatic heterocycles. The van der Waals surface area contributed by atoms with E-state index in [1.807, 2.05) is 0 Å². The fraction of sp³-hybridized carbons (Fsp3) is 1.00. The first kappa shape index (κ1) is 17.5. The van der Waals surface area contributed by atoms with Gasteiger partial charge in [0.15, 0.2) is 0 Å². The molecular formula is C18H36O2Si. The molecule has 2 unspecified atom stereocenters. The molecule has 3 heteroatoms. The third-order valence-corrected chi connectivity index (χ3v) is 10.7. The largest absolute Gasteiger partial charge is 0.391 e. The third-order valence-electron chi connectivity index (χ3n) is 5.77. The quantitative estimate of drug-likeness (QED) is 0.516. The van der Waals surface area contributed by atoms with Crippen LogP contribution in [0.1, 0.15) is 91.9 Å². The minimum absolute atomic E-state index is 0.363. The van der Waals surface area contributed by atoms with Gasteiger partial charge in [-0.1, -0.05) is 39.5 Å². The lowest BCUT2D eigenvalue weighted by atomic mass is 10.3. The van der Waals surface area contributed by atoms with Crippen molar-refractivity contribution in [1.29, 1.82) is 0 Å². The smallest absolute Gasteiger partial charge is 0.345 e. The Kier molecular flexibility index (Phi) is 6.76. The van der Waals surface area contributed by atoms with E-state index in [0.29, 0.717) is 12.2 Å². The van der Waals surface area contributed by atoms with Crippen molar-refractivity contribution in [3.05, 3.63) is 0 Å². The molecule has 0 amide bonds. The summed E-state index contributed by atoms with van der Waals surface area (Å²) in [7, 11) is -2.10. The van der Waals surface area contributed by atoms with Crippen LogP contribution in [0.2, 0.25) is 11.1 Å². The molecule has 0 radical (unpaired) electrons. The summed E-state index contributed by atoms with van der Waals surface area (Å²) in [5, 5.41) is 0. The van der Waals surface area contributed by atoms with Crippen molar-refractivity contribution in [2.45, 2.75) is 115 Å². The summed E-state index contributed by atoms with van der Waals surface area (Å²) in [6.07, 6.45) is 13.9. The predicted octanol–water partition coefficient (Wildman–Crippen LogP) is 5.95. The Morgan fingerprint density at radius 3 is 1.38 bits per heavy atom. The monoisotopic (exact) mass is 312 g/mol. The highest BCUT2D eigenvalue weighted by molar-refractivity contribution is 6.70. The van der Waals surface area contributed by atoms with Gasteiger partial charge in [-0.2, -0.15) is 0 Å². The molecule has 0 spiro atoms. The molecule has 0 aromatic rings. The lowest BCUT2D eigenvalue weighted by Gasteiger charge is -2.43. The van der Waals surface area contributed by atoms with Gasteiger partial charge in [0.2, 0.25) is 0 Å². The topological polar surface area (TPSA) is 18.5 Å². The van der Waals surface area contributed by atoms with Crippen molar-refractivity contribution in [2.24, 2.45) is 0 Å². The molecule has 2 fully saturated rings. The molecule has 0 aromatic carbocycles. The zero-order valence-electron chi connectivity index (χ0n) is 14.7. The fourth-order valence-electron chi connectivity index (χ4n) is 4.20. The van der Waals surface area contributed by atoms with Crippen molar-refractivity contribution in [1.82, 2.24) is 0 Å². The Labute approximate surface area is 133 Å². The Balaban J connectivity index is 2.25. The van der Waals surface area contributed by atoms with Crippen LogP contribution in [-0.2, 0) is 8.85 Å². The molecule has 2 atom stereocenters. The molecular weight excluding hydrogens is 276 g/mol. The molecule has 21 heavy (non-hydrogen) atoms. The number of rotatable bonds is 8. The van der Waals surface area contributed by atoms with Gasteiger partial charge in [0.1, 0.15) is 0 Å². The normalized spacial score (nSPS) is 24.6. The molecule has 2 saturated carbocycles. The summed E-state index contributed by atoms with van der Waals surface area (Å²) >= 11 is 0. The summed E-state index contributed by atoms with van der Waals surface area (Å²) in [6, 6.07) is 0. The number of hydrogen-bond donors (Lipinski definition) is 0. The second-order valence-corrected chi connectivity index (χ2v) is 10.9. The first-order chi connectivity index (χ1) is 10.1. The Morgan fingerprint density at radius 2 is 1.10 bits per heavy atom. The predicted molar refractivity (Wildman–Crippen MR) is 91.9 cm³/mol. The van der Waals surface area contributed by atoms with Crippen molar-refractivity contribution in [3.63, 3.8) is 0 Å². The molecule has 2 nitrogen and oxygen atoms in total. The maximum absolute atomic E-state index is 6.84. The molecule has 124 valence electrons. The van der Waals surface area contributed by atoms with E-state index in [0.717, 1.165) is 23.9 Å². The second-order valence-electron chi connectivity index (χ2n) is 7.36. The van der Waals surface area contributed by atoms with E-state index >= 15 is 0 Å². The van der Waals surface area contributed by atoms with Gasteiger partial charge in [-0.3, -0.25) is 0 Å². The Bertz CT molecular complexity index is 266. The number of hydrogen-bond acceptors (Lipinski definition) is 2. The van der Waals surface area contributed by atoms with Crippen molar-refractivity contribution >= 4 is 8.56 Å². The van der Waals surface area contributed by atoms with Crippen LogP contribution < -0.4 is 0 Å². The van der Waals surface area contributed by atoms with E-state index in [4.69, 9.17) is 8.85 Å². The van der Waals surface area contributed by atoms with E-state index < -0.39 is 8.56 Å². The first-order valence-electron chi connectivity index (χ1n) is 9.48. The second kappa shape index (κ2) is 8.12. The van der Waals surface area contributed by atoms with Crippen LogP contribution in [0.4, 0.5) is 0 Å². The molecule has 2 aliphatic rings. The summed E-state index contributed by atoms with van der Waals surface area (Å²) in [5.74, 6) is 0. The van der Waals surface area contributed by atoms with Crippen LogP contribution in [0.5, 0.6) is 0 Å². The average molecular weight is 313 g/mol. The maximum atomic E-state index is 6.84. The molecule has 2 rings (SSSR count). The summed E-state index contributed by atoms with van der Waals surface area (Å²) in [5.41, 5.74) is 1.51. The van der Waals surface area contributed by atoms with Gasteiger partial charge in [0.25, 0.3) is 0 Å². The van der Waals surface area contributed by atoms with Gasteiger partial charge in [0, 0.05) is 23.3 Å². The molecule has 0 aliphatic heterocycles. The maximum Gasteiger partial charge on any atom is 0.345 e. The van der Waals surface area contributed by atoms with Crippen LogP contribution in [0.25, 0.3) is 0 Å². The van der Waals surface area contributed by atoms with Gasteiger partial charge >= 0.3 is 8.56 Å². The van der Waals surface area contributed by atoms with Crippen molar-refractivity contribution in [3.8, 4) is 0 Å². The standard InChI is InChI=1S/C18H36O2Si/c1-5-15(3)19-21(20-16(4)6-2,17-11-7-8-12-17)18-13-9-10-14-18/h15-18H,5-14H2,1-4H3. The Hall–Kier alpha value is 0.137. The summed E-state index contributed by atoms with van der Waals surface area (Å²) < 4.78 is 13.7. The summed E-state index contributed by atoms with van der Waals surface area (Å²) in [4.78, 5) is 0. The van der Waals surface area contributed by atoms with E-state index in [9.17, 15) is 0 Å². The van der Waals surface area contributed by atoms with Gasteiger partial charge in [-0.05, 0) is 52.4 Å². The molecule has 0 saturated heterocycles. The lowest BCUT2D eigenvalue weighted by Crippen LogP contribution is -2.53. The minimum Gasteiger partial charge on any atom is -0.391 e. The van der Waals surface area contributed by atoms with Crippen LogP contribution in [0.15, 0.2) is 0 Å². The SMILES string of the molecule is CCC(C)O[Si](OC(C)CC)(C1CCCC1)C1CCCC1. The van der Waals surface area contributed by atoms with Crippen molar-refractivity contribution in [2.75, 3.05) is 0 Å². The fourth-order valence-corrected chi connectivity index (χ4v) is 9.71. The van der Waals surface area contributed by atoms with Gasteiger partial charge < -0.3 is 8.85 Å². The highest BCUT2D eigenvalue weighted by Crippen LogP contribution is 2.52. The summed E-state index contributed by atoms with van der Waals surface area (Å²) in [6.45, 7) is 9.00. The van der Waals surface area contributed by atoms with E-state index in [1.165, 1.54) is 51.4 Å². The minimum atomic E-state index is -2.10. The van der Waals surface area contributed by atoms with Gasteiger partial charge in [0.05, 0.1) is 0 Å². The van der Waals surface area contributed by atoms with Crippen LogP contribution in [-0.4, -0.2) is 20.8 Å².